The van der Waals surface area contributed by atoms with E-state index in [0.717, 1.165) is 57.0 Å². The van der Waals surface area contributed by atoms with Gasteiger partial charge in [-0.3, -0.25) is 0 Å². The lowest BCUT2D eigenvalue weighted by atomic mass is 9.72. The van der Waals surface area contributed by atoms with Crippen LogP contribution in [0.1, 0.15) is 73.6 Å². The average Bonchev–Trinajstić information content (AvgIpc) is 3.25. The second-order valence-corrected chi connectivity index (χ2v) is 15.6. The van der Waals surface area contributed by atoms with Gasteiger partial charge in [-0.1, -0.05) is 52.8 Å². The zero-order valence-electron chi connectivity index (χ0n) is 33.7. The van der Waals surface area contributed by atoms with E-state index in [1.54, 1.807) is 33.5 Å². The number of rotatable bonds is 6. The molecule has 0 aromatic heterocycles. The quantitative estimate of drug-likeness (QED) is 0.156. The lowest BCUT2D eigenvalue weighted by Gasteiger charge is -2.44. The third kappa shape index (κ3) is 5.25. The Hall–Kier alpha value is -7.46. The minimum Gasteiger partial charge on any atom is -0.497 e. The normalized spacial score (nSPS) is 14.1. The number of ether oxygens (including phenoxy) is 3. The van der Waals surface area contributed by atoms with Gasteiger partial charge in [-0.25, -0.2) is 9.69 Å². The second kappa shape index (κ2) is 13.6. The van der Waals surface area contributed by atoms with Crippen LogP contribution in [0.25, 0.3) is 20.5 Å². The molecule has 0 atom stereocenters. The molecule has 8 rings (SSSR count). The van der Waals surface area contributed by atoms with Crippen molar-refractivity contribution in [3.05, 3.63) is 147 Å². The van der Waals surface area contributed by atoms with E-state index in [0.29, 0.717) is 39.4 Å². The van der Waals surface area contributed by atoms with E-state index in [1.807, 2.05) is 59.5 Å². The Labute approximate surface area is 339 Å². The smallest absolute Gasteiger partial charge is 0.218 e. The molecule has 0 amide bonds. The lowest BCUT2D eigenvalue weighted by molar-refractivity contribution is 0.411. The van der Waals surface area contributed by atoms with Crippen molar-refractivity contribution in [2.45, 2.75) is 51.9 Å². The molecule has 0 bridgehead atoms. The second-order valence-electron chi connectivity index (χ2n) is 15.6. The predicted octanol–water partition coefficient (Wildman–Crippen LogP) is 12.5. The topological polar surface area (TPSA) is 90.5 Å². The van der Waals surface area contributed by atoms with Gasteiger partial charge in [-0.2, -0.15) is 10.5 Å². The summed E-state index contributed by atoms with van der Waals surface area (Å²) >= 11 is 0. The molecule has 6 aromatic rings. The Morgan fingerprint density at radius 2 is 1.03 bits per heavy atom. The standard InChI is InChI=1S/C49H40N6O3/c1-11-28-12-16-41-36(20-28)48(2,3)37-22-30(56-8)13-17-42(37)54(41)46-34-25-40(52-6)45(53-7)47(33(34)21-29(26-50)35(46)27-51)55-43-18-14-31(57-9)23-38(43)49(4,5)39-24-32(58-10)15-19-44(39)55/h12-25H,11H2,1-5,8-10H3. The summed E-state index contributed by atoms with van der Waals surface area (Å²) in [5, 5.41) is 23.0. The van der Waals surface area contributed by atoms with Crippen LogP contribution in [0.3, 0.4) is 0 Å². The monoisotopic (exact) mass is 760 g/mol. The van der Waals surface area contributed by atoms with E-state index in [9.17, 15) is 10.5 Å². The van der Waals surface area contributed by atoms with Crippen LogP contribution in [0.15, 0.2) is 84.9 Å². The summed E-state index contributed by atoms with van der Waals surface area (Å²) in [7, 11) is 4.90. The van der Waals surface area contributed by atoms with E-state index in [2.05, 4.69) is 79.5 Å². The molecule has 0 saturated carbocycles. The number of aryl methyl sites for hydroxylation is 1. The maximum Gasteiger partial charge on any atom is 0.218 e. The van der Waals surface area contributed by atoms with Gasteiger partial charge in [0.25, 0.3) is 0 Å². The van der Waals surface area contributed by atoms with Crippen LogP contribution in [-0.2, 0) is 17.3 Å². The molecule has 2 aliphatic rings. The molecule has 58 heavy (non-hydrogen) atoms. The van der Waals surface area contributed by atoms with E-state index in [-0.39, 0.29) is 22.5 Å². The highest BCUT2D eigenvalue weighted by Gasteiger charge is 2.42. The highest BCUT2D eigenvalue weighted by atomic mass is 16.5. The number of benzene rings is 6. The summed E-state index contributed by atoms with van der Waals surface area (Å²) < 4.78 is 17.2. The van der Waals surface area contributed by atoms with Gasteiger partial charge in [-0.05, 0) is 112 Å². The van der Waals surface area contributed by atoms with E-state index >= 15 is 0 Å². The minimum absolute atomic E-state index is 0.121. The van der Waals surface area contributed by atoms with Crippen molar-refractivity contribution < 1.29 is 14.2 Å². The summed E-state index contributed by atoms with van der Waals surface area (Å²) in [6, 6.07) is 32.2. The first-order chi connectivity index (χ1) is 27.9. The molecule has 9 nitrogen and oxygen atoms in total. The maximum atomic E-state index is 11.1. The van der Waals surface area contributed by atoms with Crippen molar-refractivity contribution in [1.29, 1.82) is 10.5 Å². The van der Waals surface area contributed by atoms with Crippen LogP contribution >= 0.6 is 0 Å². The van der Waals surface area contributed by atoms with Gasteiger partial charge in [0.2, 0.25) is 5.69 Å². The Bertz CT molecular complexity index is 2600. The largest absolute Gasteiger partial charge is 0.497 e. The lowest BCUT2D eigenvalue weighted by Crippen LogP contribution is -2.31. The zero-order valence-corrected chi connectivity index (χ0v) is 33.7. The van der Waals surface area contributed by atoms with Gasteiger partial charge in [-0.15, -0.1) is 0 Å². The van der Waals surface area contributed by atoms with Gasteiger partial charge in [0.15, 0.2) is 5.69 Å². The van der Waals surface area contributed by atoms with Gasteiger partial charge >= 0.3 is 0 Å². The number of methoxy groups -OCH3 is 3. The van der Waals surface area contributed by atoms with Crippen molar-refractivity contribution in [3.8, 4) is 29.4 Å². The van der Waals surface area contributed by atoms with Crippen LogP contribution in [0.5, 0.6) is 17.2 Å². The molecular weight excluding hydrogens is 721 g/mol. The Balaban J connectivity index is 1.57. The molecule has 0 spiro atoms. The number of anilines is 6. The Morgan fingerprint density at radius 3 is 1.45 bits per heavy atom. The molecular formula is C49H40N6O3. The maximum absolute atomic E-state index is 11.1. The SMILES string of the molecule is [C-]#[N+]c1cc2c(N3c4ccc(CC)cc4C(C)(C)c4cc(OC)ccc43)c(C#N)c(C#N)cc2c(N2c3ccc(OC)cc3C(C)(C)c3cc(OC)ccc32)c1[N+]#[C-]. The first-order valence-electron chi connectivity index (χ1n) is 18.9. The number of nitrogens with zero attached hydrogens (tertiary/aromatic N) is 6. The first-order valence-corrected chi connectivity index (χ1v) is 18.9. The molecule has 0 fully saturated rings. The van der Waals surface area contributed by atoms with Crippen LogP contribution in [0, 0.1) is 35.8 Å². The van der Waals surface area contributed by atoms with Crippen LogP contribution in [-0.4, -0.2) is 21.3 Å². The van der Waals surface area contributed by atoms with E-state index in [1.165, 1.54) is 0 Å². The molecule has 6 aromatic carbocycles. The Morgan fingerprint density at radius 1 is 0.586 bits per heavy atom. The fraction of sp³-hybridized carbons (Fsp3) is 0.224. The van der Waals surface area contributed by atoms with E-state index < -0.39 is 10.8 Å². The fourth-order valence-corrected chi connectivity index (χ4v) is 8.88. The number of hydrogen-bond acceptors (Lipinski definition) is 7. The molecule has 0 radical (unpaired) electrons. The molecule has 0 unspecified atom stereocenters. The van der Waals surface area contributed by atoms with E-state index in [4.69, 9.17) is 27.4 Å². The molecule has 0 N–H and O–H groups in total. The van der Waals surface area contributed by atoms with Crippen LogP contribution in [0.2, 0.25) is 0 Å². The summed E-state index contributed by atoms with van der Waals surface area (Å²) in [6.07, 6.45) is 0.828. The fourth-order valence-electron chi connectivity index (χ4n) is 8.88. The summed E-state index contributed by atoms with van der Waals surface area (Å²) in [6.45, 7) is 27.9. The molecule has 284 valence electrons. The predicted molar refractivity (Wildman–Crippen MR) is 229 cm³/mol. The number of fused-ring (bicyclic) bond motifs is 5. The van der Waals surface area contributed by atoms with Gasteiger partial charge < -0.3 is 24.0 Å². The summed E-state index contributed by atoms with van der Waals surface area (Å²) in [5.74, 6) is 2.03. The highest BCUT2D eigenvalue weighted by molar-refractivity contribution is 6.17. The summed E-state index contributed by atoms with van der Waals surface area (Å²) in [4.78, 5) is 12.1. The highest BCUT2D eigenvalue weighted by Crippen LogP contribution is 2.61. The van der Waals surface area contributed by atoms with Crippen LogP contribution < -0.4 is 24.0 Å². The zero-order chi connectivity index (χ0) is 41.3. The van der Waals surface area contributed by atoms with Crippen molar-refractivity contribution >= 4 is 56.3 Å². The van der Waals surface area contributed by atoms with Crippen molar-refractivity contribution in [3.63, 3.8) is 0 Å². The minimum atomic E-state index is -0.543. The average molecular weight is 761 g/mol. The number of nitriles is 2. The van der Waals surface area contributed by atoms with Crippen molar-refractivity contribution in [1.82, 2.24) is 0 Å². The third-order valence-electron chi connectivity index (χ3n) is 12.0. The molecule has 2 heterocycles. The van der Waals surface area contributed by atoms with Gasteiger partial charge in [0, 0.05) is 27.9 Å². The molecule has 2 aliphatic heterocycles. The van der Waals surface area contributed by atoms with Gasteiger partial charge in [0.1, 0.15) is 29.4 Å². The van der Waals surface area contributed by atoms with Gasteiger partial charge in [0.05, 0.1) is 62.7 Å². The van der Waals surface area contributed by atoms with Crippen molar-refractivity contribution in [2.75, 3.05) is 31.1 Å². The number of hydrogen-bond donors (Lipinski definition) is 0. The summed E-state index contributed by atoms with van der Waals surface area (Å²) in [5.41, 5.74) is 8.69. The molecule has 0 saturated heterocycles. The molecule has 9 heteroatoms. The molecule has 0 aliphatic carbocycles. The van der Waals surface area contributed by atoms with Crippen LogP contribution in [0.4, 0.5) is 45.5 Å². The third-order valence-corrected chi connectivity index (χ3v) is 12.0. The van der Waals surface area contributed by atoms with Crippen molar-refractivity contribution in [2.24, 2.45) is 0 Å². The first kappa shape index (κ1) is 37.5. The Kier molecular flexibility index (Phi) is 8.80.